The molecule has 0 bridgehead atoms. The van der Waals surface area contributed by atoms with Gasteiger partial charge in [-0.2, -0.15) is 10.3 Å². The van der Waals surface area contributed by atoms with E-state index in [-0.39, 0.29) is 21.7 Å². The minimum absolute atomic E-state index is 0.0646. The van der Waals surface area contributed by atoms with E-state index in [9.17, 15) is 18.5 Å². The Hall–Kier alpha value is -3.71. The van der Waals surface area contributed by atoms with Crippen LogP contribution in [0.25, 0.3) is 16.7 Å². The van der Waals surface area contributed by atoms with E-state index >= 15 is 0 Å². The molecule has 1 aromatic heterocycles. The lowest BCUT2D eigenvalue weighted by Crippen LogP contribution is -2.24. The van der Waals surface area contributed by atoms with E-state index in [2.05, 4.69) is 9.98 Å². The molecule has 1 amide bonds. The van der Waals surface area contributed by atoms with Crippen LogP contribution < -0.4 is 11.5 Å². The van der Waals surface area contributed by atoms with Crippen molar-refractivity contribution in [2.75, 3.05) is 6.26 Å². The van der Waals surface area contributed by atoms with Crippen molar-refractivity contribution in [3.05, 3.63) is 53.9 Å². The number of benzene rings is 2. The number of fused-ring (bicyclic) bond motifs is 1. The molecule has 27 heavy (non-hydrogen) atoms. The van der Waals surface area contributed by atoms with E-state index in [0.717, 1.165) is 12.3 Å². The summed E-state index contributed by atoms with van der Waals surface area (Å²) in [5.41, 5.74) is 11.6. The van der Waals surface area contributed by atoms with Crippen molar-refractivity contribution in [2.45, 2.75) is 4.90 Å². The summed E-state index contributed by atoms with van der Waals surface area (Å²) in [6, 6.07) is 11.4. The number of imidazole rings is 1. The van der Waals surface area contributed by atoms with Crippen molar-refractivity contribution in [1.82, 2.24) is 9.55 Å². The summed E-state index contributed by atoms with van der Waals surface area (Å²) in [5, 5.41) is 9.44. The van der Waals surface area contributed by atoms with Gasteiger partial charge in [0.05, 0.1) is 32.7 Å². The fourth-order valence-corrected chi connectivity index (χ4v) is 3.52. The molecule has 10 heteroatoms. The summed E-state index contributed by atoms with van der Waals surface area (Å²) in [6.45, 7) is 0. The molecule has 0 saturated carbocycles. The van der Waals surface area contributed by atoms with Gasteiger partial charge in [-0.25, -0.2) is 13.4 Å². The van der Waals surface area contributed by atoms with Gasteiger partial charge in [0, 0.05) is 6.26 Å². The largest absolute Gasteiger partial charge is 0.370 e. The molecular formula is C17H14N6O3S. The van der Waals surface area contributed by atoms with Crippen LogP contribution in [0.1, 0.15) is 15.9 Å². The van der Waals surface area contributed by atoms with Gasteiger partial charge >= 0.3 is 0 Å². The maximum absolute atomic E-state index is 12.4. The van der Waals surface area contributed by atoms with Gasteiger partial charge in [0.2, 0.25) is 0 Å². The fraction of sp³-hybridized carbons (Fsp3) is 0.0588. The highest BCUT2D eigenvalue weighted by molar-refractivity contribution is 7.90. The molecule has 9 nitrogen and oxygen atoms in total. The number of aliphatic imine (C=N–C) groups is 1. The number of hydrogen-bond acceptors (Lipinski definition) is 5. The van der Waals surface area contributed by atoms with Gasteiger partial charge in [-0.3, -0.25) is 9.36 Å². The first-order valence-corrected chi connectivity index (χ1v) is 9.46. The normalized spacial score (nSPS) is 11.1. The Balaban J connectivity index is 2.37. The third-order valence-electron chi connectivity index (χ3n) is 3.79. The van der Waals surface area contributed by atoms with Crippen LogP contribution in [0.3, 0.4) is 0 Å². The maximum atomic E-state index is 12.4. The lowest BCUT2D eigenvalue weighted by Gasteiger charge is -2.13. The molecule has 0 aliphatic carbocycles. The number of aromatic nitrogens is 2. The zero-order valence-electron chi connectivity index (χ0n) is 14.1. The number of carbonyl (C=O) groups excluding carboxylic acids is 1. The molecule has 3 rings (SSSR count). The molecule has 0 spiro atoms. The van der Waals surface area contributed by atoms with E-state index < -0.39 is 21.7 Å². The summed E-state index contributed by atoms with van der Waals surface area (Å²) >= 11 is 0. The van der Waals surface area contributed by atoms with Crippen LogP contribution in [0, 0.1) is 11.3 Å². The van der Waals surface area contributed by atoms with Crippen molar-refractivity contribution >= 4 is 32.7 Å². The molecular weight excluding hydrogens is 368 g/mol. The van der Waals surface area contributed by atoms with E-state index in [1.807, 2.05) is 6.07 Å². The second-order valence-electron chi connectivity index (χ2n) is 5.69. The van der Waals surface area contributed by atoms with Crippen LogP contribution in [0.15, 0.2) is 52.6 Å². The molecule has 4 N–H and O–H groups in total. The number of nitrogens with zero attached hydrogens (tertiary/aromatic N) is 4. The summed E-state index contributed by atoms with van der Waals surface area (Å²) < 4.78 is 26.3. The lowest BCUT2D eigenvalue weighted by atomic mass is 10.1. The summed E-state index contributed by atoms with van der Waals surface area (Å²) in [5.74, 6) is -1.40. The SMILES string of the molecule is CS(=O)(=O)c1cc(C(=O)N=C(N)N)c(C#N)cc1-n1cnc2ccccc21. The Labute approximate surface area is 154 Å². The molecule has 0 aliphatic rings. The van der Waals surface area contributed by atoms with Crippen LogP contribution in [0.5, 0.6) is 0 Å². The predicted octanol–water partition coefficient (Wildman–Crippen LogP) is 0.714. The molecule has 0 aliphatic heterocycles. The topological polar surface area (TPSA) is 157 Å². The standard InChI is InChI=1S/C17H14N6O3S/c1-27(25,26)15-7-11(16(24)22-17(19)20)10(8-18)6-14(15)23-9-21-12-4-2-3-5-13(12)23/h2-7,9H,1H3,(H4,19,20,22,24). The van der Waals surface area contributed by atoms with Crippen molar-refractivity contribution in [3.8, 4) is 11.8 Å². The van der Waals surface area contributed by atoms with Gasteiger partial charge in [0.1, 0.15) is 12.4 Å². The molecule has 0 atom stereocenters. The predicted molar refractivity (Wildman–Crippen MR) is 99.0 cm³/mol. The number of rotatable bonds is 3. The van der Waals surface area contributed by atoms with Crippen LogP contribution in [-0.4, -0.2) is 36.1 Å². The summed E-state index contributed by atoms with van der Waals surface area (Å²) in [4.78, 5) is 19.7. The van der Waals surface area contributed by atoms with Crippen molar-refractivity contribution in [1.29, 1.82) is 5.26 Å². The van der Waals surface area contributed by atoms with E-state index in [0.29, 0.717) is 11.0 Å². The Morgan fingerprint density at radius 3 is 2.59 bits per heavy atom. The van der Waals surface area contributed by atoms with Gasteiger partial charge < -0.3 is 11.5 Å². The van der Waals surface area contributed by atoms with Gasteiger partial charge in [0.25, 0.3) is 5.91 Å². The van der Waals surface area contributed by atoms with Gasteiger partial charge in [-0.05, 0) is 24.3 Å². The number of para-hydroxylation sites is 2. The highest BCUT2D eigenvalue weighted by Crippen LogP contribution is 2.28. The Morgan fingerprint density at radius 1 is 1.26 bits per heavy atom. The number of nitriles is 1. The lowest BCUT2D eigenvalue weighted by molar-refractivity contribution is 0.100. The average molecular weight is 382 g/mol. The third kappa shape index (κ3) is 3.36. The number of carbonyl (C=O) groups is 1. The van der Waals surface area contributed by atoms with E-state index in [1.54, 1.807) is 28.8 Å². The van der Waals surface area contributed by atoms with Crippen LogP contribution in [0.4, 0.5) is 0 Å². The molecule has 0 radical (unpaired) electrons. The molecule has 136 valence electrons. The number of guanidine groups is 1. The first-order valence-electron chi connectivity index (χ1n) is 7.57. The van der Waals surface area contributed by atoms with E-state index in [1.165, 1.54) is 12.4 Å². The van der Waals surface area contributed by atoms with Crippen LogP contribution in [-0.2, 0) is 9.84 Å². The first kappa shape index (κ1) is 18.1. The summed E-state index contributed by atoms with van der Waals surface area (Å²) in [6.07, 6.45) is 2.46. The van der Waals surface area contributed by atoms with Crippen molar-refractivity contribution in [2.24, 2.45) is 16.5 Å². The number of sulfone groups is 1. The molecule has 0 saturated heterocycles. The first-order chi connectivity index (χ1) is 12.7. The van der Waals surface area contributed by atoms with Crippen molar-refractivity contribution in [3.63, 3.8) is 0 Å². The number of nitrogens with two attached hydrogens (primary N) is 2. The summed E-state index contributed by atoms with van der Waals surface area (Å²) in [7, 11) is -3.76. The van der Waals surface area contributed by atoms with Crippen molar-refractivity contribution < 1.29 is 13.2 Å². The van der Waals surface area contributed by atoms with E-state index in [4.69, 9.17) is 11.5 Å². The maximum Gasteiger partial charge on any atom is 0.281 e. The monoisotopic (exact) mass is 382 g/mol. The van der Waals surface area contributed by atoms with Gasteiger partial charge in [-0.15, -0.1) is 0 Å². The molecule has 3 aromatic rings. The highest BCUT2D eigenvalue weighted by Gasteiger charge is 2.22. The third-order valence-corrected chi connectivity index (χ3v) is 4.92. The molecule has 0 unspecified atom stereocenters. The highest BCUT2D eigenvalue weighted by atomic mass is 32.2. The fourth-order valence-electron chi connectivity index (χ4n) is 2.65. The Kier molecular flexibility index (Phi) is 4.39. The molecule has 2 aromatic carbocycles. The smallest absolute Gasteiger partial charge is 0.281 e. The van der Waals surface area contributed by atoms with Gasteiger partial charge in [0.15, 0.2) is 15.8 Å². The quantitative estimate of drug-likeness (QED) is 0.499. The second-order valence-corrected chi connectivity index (χ2v) is 7.68. The van der Waals surface area contributed by atoms with Gasteiger partial charge in [-0.1, -0.05) is 12.1 Å². The molecule has 1 heterocycles. The zero-order chi connectivity index (χ0) is 19.8. The zero-order valence-corrected chi connectivity index (χ0v) is 14.9. The Bertz CT molecular complexity index is 1250. The molecule has 0 fully saturated rings. The van der Waals surface area contributed by atoms with Crippen LogP contribution in [0.2, 0.25) is 0 Å². The second kappa shape index (κ2) is 6.54. The number of amides is 1. The minimum Gasteiger partial charge on any atom is -0.370 e. The van der Waals surface area contributed by atoms with Crippen LogP contribution >= 0.6 is 0 Å². The Morgan fingerprint density at radius 2 is 1.96 bits per heavy atom. The average Bonchev–Trinajstić information content (AvgIpc) is 3.03. The number of hydrogen-bond donors (Lipinski definition) is 2. The minimum atomic E-state index is -3.76.